The molecule has 1 heterocycles. The number of nitrogens with one attached hydrogen (secondary N) is 1. The Bertz CT molecular complexity index is 145. The van der Waals surface area contributed by atoms with Gasteiger partial charge < -0.3 is 5.31 Å². The average molecular weight is 89.2 g/mol. The van der Waals surface area contributed by atoms with Crippen molar-refractivity contribution in [3.63, 3.8) is 0 Å². The van der Waals surface area contributed by atoms with Crippen molar-refractivity contribution in [3.8, 4) is 0 Å². The lowest BCUT2D eigenvalue weighted by molar-refractivity contribution is 0.651. The van der Waals surface area contributed by atoms with E-state index < -0.39 is 12.4 Å². The molecular weight excluding hydrogens is 74.1 g/mol. The summed E-state index contributed by atoms with van der Waals surface area (Å²) < 4.78 is 29.2. The van der Waals surface area contributed by atoms with Crippen LogP contribution in [0.5, 0.6) is 0 Å². The zero-order valence-electron chi connectivity index (χ0n) is 7.86. The Morgan fingerprint density at radius 3 is 3.33 bits per heavy atom. The third-order valence-electron chi connectivity index (χ3n) is 0.869. The van der Waals surface area contributed by atoms with Crippen LogP contribution < -0.4 is 5.31 Å². The second kappa shape index (κ2) is 1.61. The van der Waals surface area contributed by atoms with Crippen LogP contribution in [-0.2, 0) is 0 Å². The topological polar surface area (TPSA) is 12.0 Å². The number of hydrogen-bond donors (Lipinski definition) is 1. The smallest absolute Gasteiger partial charge is 0.122 e. The summed E-state index contributed by atoms with van der Waals surface area (Å²) in [5.74, 6) is -1.12. The van der Waals surface area contributed by atoms with Crippen LogP contribution in [0.2, 0.25) is 1.41 Å². The first kappa shape index (κ1) is 1.48. The van der Waals surface area contributed by atoms with Gasteiger partial charge in [-0.3, -0.25) is 0 Å². The summed E-state index contributed by atoms with van der Waals surface area (Å²) in [4.78, 5) is 0. The summed E-state index contributed by atoms with van der Waals surface area (Å²) in [5.41, 5.74) is 0. The molecule has 0 radical (unpaired) electrons. The van der Waals surface area contributed by atoms with E-state index in [0.717, 1.165) is 5.31 Å². The quantitative estimate of drug-likeness (QED) is 0.458. The average Bonchev–Trinajstić information content (AvgIpc) is 1.94. The van der Waals surface area contributed by atoms with Crippen molar-refractivity contribution in [3.05, 3.63) is 0 Å². The van der Waals surface area contributed by atoms with E-state index in [4.69, 9.17) is 5.52 Å². The van der Waals surface area contributed by atoms with Crippen LogP contribution in [0.3, 0.4) is 0 Å². The van der Waals surface area contributed by atoms with E-state index in [1.54, 1.807) is 0 Å². The molecule has 1 nitrogen and oxygen atoms in total. The molecule has 1 unspecified atom stereocenters. The molecule has 0 aromatic carbocycles. The molecule has 0 aliphatic carbocycles. The molecule has 0 spiro atoms. The fourth-order valence-electron chi connectivity index (χ4n) is 0.470. The van der Waals surface area contributed by atoms with Crippen LogP contribution in [0.1, 0.15) is 17.5 Å². The van der Waals surface area contributed by atoms with Crippen LogP contribution in [0, 0.1) is 5.89 Å². The van der Waals surface area contributed by atoms with E-state index >= 15 is 0 Å². The van der Waals surface area contributed by atoms with Crippen molar-refractivity contribution in [2.24, 2.45) is 5.89 Å². The first-order chi connectivity index (χ1) is 4.38. The van der Waals surface area contributed by atoms with E-state index in [9.17, 15) is 0 Å². The first-order valence-corrected chi connectivity index (χ1v) is 2.14. The highest BCUT2D eigenvalue weighted by atomic mass is 14.9. The molecule has 1 aliphatic heterocycles. The predicted molar refractivity (Wildman–Crippen MR) is 26.7 cm³/mol. The highest BCUT2D eigenvalue weighted by Gasteiger charge is 2.06. The van der Waals surface area contributed by atoms with Crippen LogP contribution in [0.15, 0.2) is 0 Å². The molecule has 1 atom stereocenters. The molecule has 36 valence electrons. The van der Waals surface area contributed by atoms with E-state index in [2.05, 4.69) is 0 Å². The van der Waals surface area contributed by atoms with Gasteiger partial charge >= 0.3 is 0 Å². The van der Waals surface area contributed by atoms with Crippen LogP contribution in [0.25, 0.3) is 0 Å². The van der Waals surface area contributed by atoms with Crippen molar-refractivity contribution in [2.45, 2.75) is 13.3 Å². The Kier molecular flexibility index (Phi) is 0.396. The van der Waals surface area contributed by atoms with Gasteiger partial charge in [0.2, 0.25) is 0 Å². The Morgan fingerprint density at radius 1 is 2.33 bits per heavy atom. The van der Waals surface area contributed by atoms with Crippen molar-refractivity contribution >= 4 is 0 Å². The lowest BCUT2D eigenvalue weighted by Crippen LogP contribution is -2.06. The lowest BCUT2D eigenvalue weighted by atomic mass is 10.2. The Balaban J connectivity index is 2.84. The normalized spacial score (nSPS) is 68.2. The number of hydrogen-bond acceptors (Lipinski definition) is 1. The SMILES string of the molecule is [2H]N1CCC([2H])(C)C1([2H])[2H]. The van der Waals surface area contributed by atoms with Gasteiger partial charge in [-0.05, 0) is 25.4 Å². The molecule has 1 aliphatic rings. The molecule has 1 fully saturated rings. The molecule has 0 aromatic rings. The monoisotopic (exact) mass is 89.1 g/mol. The van der Waals surface area contributed by atoms with Crippen LogP contribution in [-0.4, -0.2) is 13.0 Å². The van der Waals surface area contributed by atoms with Crippen molar-refractivity contribution in [1.29, 1.82) is 0 Å². The van der Waals surface area contributed by atoms with Gasteiger partial charge in [0, 0.05) is 4.11 Å². The largest absolute Gasteiger partial charge is 0.316 e. The Hall–Kier alpha value is -0.0400. The van der Waals surface area contributed by atoms with Gasteiger partial charge in [-0.2, -0.15) is 0 Å². The van der Waals surface area contributed by atoms with Crippen LogP contribution >= 0.6 is 0 Å². The minimum atomic E-state index is -1.78. The minimum Gasteiger partial charge on any atom is -0.316 e. The summed E-state index contributed by atoms with van der Waals surface area (Å²) >= 11 is 0. The van der Waals surface area contributed by atoms with E-state index in [1.165, 1.54) is 6.92 Å². The third kappa shape index (κ3) is 0.716. The van der Waals surface area contributed by atoms with E-state index in [-0.39, 0.29) is 0 Å². The highest BCUT2D eigenvalue weighted by Crippen LogP contribution is 2.03. The van der Waals surface area contributed by atoms with Gasteiger partial charge in [0.15, 0.2) is 0 Å². The molecular formula is C5H11N. The van der Waals surface area contributed by atoms with Crippen LogP contribution in [0.4, 0.5) is 0 Å². The maximum atomic E-state index is 7.48. The molecule has 1 saturated heterocycles. The Morgan fingerprint density at radius 2 is 3.17 bits per heavy atom. The van der Waals surface area contributed by atoms with Gasteiger partial charge in [0.1, 0.15) is 1.41 Å². The van der Waals surface area contributed by atoms with E-state index in [0.29, 0.717) is 13.0 Å². The molecule has 0 aromatic heterocycles. The fourth-order valence-corrected chi connectivity index (χ4v) is 0.470. The standard InChI is InChI=1S/C5H11N/c1-5-2-3-6-4-5/h5-6H,2-4H2,1H3/i4D2,5D/hD. The van der Waals surface area contributed by atoms with Gasteiger partial charge in [0.05, 0.1) is 0 Å². The molecule has 1 N–H and O–H groups in total. The van der Waals surface area contributed by atoms with Gasteiger partial charge in [-0.15, -0.1) is 0 Å². The summed E-state index contributed by atoms with van der Waals surface area (Å²) in [6.45, 7) is 0.0988. The predicted octanol–water partition coefficient (Wildman–Crippen LogP) is 0.616. The molecule has 6 heavy (non-hydrogen) atoms. The van der Waals surface area contributed by atoms with Gasteiger partial charge in [-0.1, -0.05) is 6.92 Å². The van der Waals surface area contributed by atoms with Crippen molar-refractivity contribution < 1.29 is 5.52 Å². The third-order valence-corrected chi connectivity index (χ3v) is 0.869. The summed E-state index contributed by atoms with van der Waals surface area (Å²) in [6, 6.07) is 0. The zero-order valence-corrected chi connectivity index (χ0v) is 3.86. The molecule has 0 bridgehead atoms. The second-order valence-corrected chi connectivity index (χ2v) is 1.52. The summed E-state index contributed by atoms with van der Waals surface area (Å²) in [6.07, 6.45) is 0.434. The minimum absolute atomic E-state index is 0.354. The molecule has 1 heteroatoms. The molecule has 1 rings (SSSR count). The van der Waals surface area contributed by atoms with Crippen molar-refractivity contribution in [1.82, 2.24) is 5.31 Å². The summed E-state index contributed by atoms with van der Waals surface area (Å²) in [7, 11) is 0. The lowest BCUT2D eigenvalue weighted by Gasteiger charge is -1.90. The van der Waals surface area contributed by atoms with Crippen molar-refractivity contribution in [2.75, 3.05) is 13.0 Å². The van der Waals surface area contributed by atoms with Gasteiger partial charge in [0.25, 0.3) is 0 Å². The molecule has 0 amide bonds. The van der Waals surface area contributed by atoms with Gasteiger partial charge in [-0.25, -0.2) is 0 Å². The molecule has 0 saturated carbocycles. The van der Waals surface area contributed by atoms with E-state index in [1.807, 2.05) is 0 Å². The first-order valence-electron chi connectivity index (χ1n) is 4.09. The fraction of sp³-hybridized carbons (Fsp3) is 1.00. The second-order valence-electron chi connectivity index (χ2n) is 1.52. The Labute approximate surface area is 44.4 Å². The highest BCUT2D eigenvalue weighted by molar-refractivity contribution is 4.65. The summed E-state index contributed by atoms with van der Waals surface area (Å²) in [5, 5.41) is 0.847. The zero-order chi connectivity index (χ0) is 7.99. The maximum Gasteiger partial charge on any atom is 0.122 e. The number of rotatable bonds is 0. The maximum absolute atomic E-state index is 7.48.